The van der Waals surface area contributed by atoms with Gasteiger partial charge in [0.25, 0.3) is 0 Å². The molecule has 0 bridgehead atoms. The summed E-state index contributed by atoms with van der Waals surface area (Å²) in [5.41, 5.74) is 3.67. The second-order valence-corrected chi connectivity index (χ2v) is 6.40. The quantitative estimate of drug-likeness (QED) is 0.298. The van der Waals surface area contributed by atoms with Crippen LogP contribution in [-0.4, -0.2) is 54.5 Å². The van der Waals surface area contributed by atoms with Crippen LogP contribution in [0.3, 0.4) is 0 Å². The number of halogens is 1. The highest BCUT2D eigenvalue weighted by molar-refractivity contribution is 14.0. The minimum Gasteiger partial charge on any atom is -0.377 e. The van der Waals surface area contributed by atoms with Crippen molar-refractivity contribution in [2.45, 2.75) is 19.4 Å². The van der Waals surface area contributed by atoms with Crippen molar-refractivity contribution in [1.82, 2.24) is 20.0 Å². The van der Waals surface area contributed by atoms with Gasteiger partial charge in [-0.2, -0.15) is 5.10 Å². The maximum atomic E-state index is 5.35. The smallest absolute Gasteiger partial charge is 0.193 e. The lowest BCUT2D eigenvalue weighted by Gasteiger charge is -2.22. The summed E-state index contributed by atoms with van der Waals surface area (Å²) >= 11 is 0. The molecule has 0 fully saturated rings. The van der Waals surface area contributed by atoms with Gasteiger partial charge >= 0.3 is 0 Å². The Morgan fingerprint density at radius 2 is 2.15 bits per heavy atom. The van der Waals surface area contributed by atoms with E-state index in [2.05, 4.69) is 32.6 Å². The molecule has 0 aliphatic carbocycles. The highest BCUT2D eigenvalue weighted by atomic mass is 127. The summed E-state index contributed by atoms with van der Waals surface area (Å²) in [6, 6.07) is 10.1. The molecular weight excluding hydrogens is 453 g/mol. The van der Waals surface area contributed by atoms with Crippen LogP contribution in [0, 0.1) is 0 Å². The van der Waals surface area contributed by atoms with E-state index in [9.17, 15) is 0 Å². The number of hydrogen-bond acceptors (Lipinski definition) is 3. The van der Waals surface area contributed by atoms with E-state index in [0.29, 0.717) is 0 Å². The van der Waals surface area contributed by atoms with E-state index >= 15 is 0 Å². The SMILES string of the molecule is CN=C(NCCC1=CCOCC1)N(C)Cc1cnn(-c2ccccc2)c1.I. The molecule has 0 saturated carbocycles. The van der Waals surface area contributed by atoms with Crippen LogP contribution in [0.25, 0.3) is 5.69 Å². The number of ether oxygens (including phenoxy) is 1. The van der Waals surface area contributed by atoms with Gasteiger partial charge in [0.2, 0.25) is 0 Å². The van der Waals surface area contributed by atoms with E-state index in [-0.39, 0.29) is 24.0 Å². The molecule has 0 unspecified atom stereocenters. The molecule has 0 spiro atoms. The summed E-state index contributed by atoms with van der Waals surface area (Å²) in [6.07, 6.45) is 8.22. The van der Waals surface area contributed by atoms with Gasteiger partial charge in [0.05, 0.1) is 25.1 Å². The van der Waals surface area contributed by atoms with Gasteiger partial charge < -0.3 is 15.0 Å². The fourth-order valence-electron chi connectivity index (χ4n) is 3.02. The van der Waals surface area contributed by atoms with Gasteiger partial charge in [-0.15, -0.1) is 24.0 Å². The Morgan fingerprint density at radius 1 is 1.33 bits per heavy atom. The van der Waals surface area contributed by atoms with Crippen molar-refractivity contribution in [1.29, 1.82) is 0 Å². The molecule has 7 heteroatoms. The second-order valence-electron chi connectivity index (χ2n) is 6.40. The zero-order valence-corrected chi connectivity index (χ0v) is 18.3. The van der Waals surface area contributed by atoms with Gasteiger partial charge in [-0.05, 0) is 25.0 Å². The zero-order chi connectivity index (χ0) is 18.2. The minimum atomic E-state index is 0. The number of para-hydroxylation sites is 1. The van der Waals surface area contributed by atoms with Crippen molar-refractivity contribution in [2.24, 2.45) is 4.99 Å². The molecule has 3 rings (SSSR count). The van der Waals surface area contributed by atoms with Crippen molar-refractivity contribution in [2.75, 3.05) is 33.9 Å². The third-order valence-electron chi connectivity index (χ3n) is 4.44. The number of aliphatic imine (C=N–C) groups is 1. The topological polar surface area (TPSA) is 54.7 Å². The molecule has 0 radical (unpaired) electrons. The number of rotatable bonds is 6. The van der Waals surface area contributed by atoms with Crippen LogP contribution >= 0.6 is 24.0 Å². The average molecular weight is 481 g/mol. The largest absolute Gasteiger partial charge is 0.377 e. The Bertz CT molecular complexity index is 757. The van der Waals surface area contributed by atoms with Gasteiger partial charge in [0.1, 0.15) is 0 Å². The van der Waals surface area contributed by atoms with Crippen molar-refractivity contribution in [3.63, 3.8) is 0 Å². The molecule has 2 aromatic rings. The van der Waals surface area contributed by atoms with Gasteiger partial charge in [-0.25, -0.2) is 4.68 Å². The number of nitrogens with one attached hydrogen (secondary N) is 1. The number of aromatic nitrogens is 2. The summed E-state index contributed by atoms with van der Waals surface area (Å²) in [4.78, 5) is 6.51. The van der Waals surface area contributed by atoms with Crippen LogP contribution in [0.4, 0.5) is 0 Å². The fraction of sp³-hybridized carbons (Fsp3) is 0.400. The van der Waals surface area contributed by atoms with Crippen LogP contribution < -0.4 is 5.32 Å². The summed E-state index contributed by atoms with van der Waals surface area (Å²) in [5.74, 6) is 0.894. The maximum Gasteiger partial charge on any atom is 0.193 e. The third kappa shape index (κ3) is 6.35. The minimum absolute atomic E-state index is 0. The molecule has 1 N–H and O–H groups in total. The Kier molecular flexibility index (Phi) is 8.80. The molecule has 1 aliphatic rings. The predicted octanol–water partition coefficient (Wildman–Crippen LogP) is 3.23. The number of guanidine groups is 1. The molecular formula is C20H28IN5O. The van der Waals surface area contributed by atoms with E-state index in [1.807, 2.05) is 55.3 Å². The summed E-state index contributed by atoms with van der Waals surface area (Å²) < 4.78 is 7.25. The van der Waals surface area contributed by atoms with E-state index < -0.39 is 0 Å². The van der Waals surface area contributed by atoms with Crippen LogP contribution in [0.2, 0.25) is 0 Å². The zero-order valence-electron chi connectivity index (χ0n) is 16.0. The molecule has 2 heterocycles. The molecule has 1 aromatic heterocycles. The summed E-state index contributed by atoms with van der Waals surface area (Å²) in [7, 11) is 3.86. The lowest BCUT2D eigenvalue weighted by atomic mass is 10.1. The molecule has 0 amide bonds. The summed E-state index contributed by atoms with van der Waals surface area (Å²) in [6.45, 7) is 3.22. The Balaban J connectivity index is 0.00000261. The molecule has 1 aromatic carbocycles. The van der Waals surface area contributed by atoms with E-state index in [0.717, 1.165) is 56.4 Å². The Morgan fingerprint density at radius 3 is 2.85 bits per heavy atom. The van der Waals surface area contributed by atoms with Crippen LogP contribution in [0.15, 0.2) is 59.4 Å². The molecule has 0 atom stereocenters. The molecule has 1 aliphatic heterocycles. The van der Waals surface area contributed by atoms with E-state index in [1.54, 1.807) is 0 Å². The Labute approximate surface area is 178 Å². The predicted molar refractivity (Wildman–Crippen MR) is 120 cm³/mol. The van der Waals surface area contributed by atoms with Crippen molar-refractivity contribution in [3.8, 4) is 5.69 Å². The maximum absolute atomic E-state index is 5.35. The average Bonchev–Trinajstić information content (AvgIpc) is 3.15. The normalized spacial score (nSPS) is 14.3. The Hall–Kier alpha value is -1.87. The van der Waals surface area contributed by atoms with Gasteiger partial charge in [0.15, 0.2) is 5.96 Å². The first-order valence-corrected chi connectivity index (χ1v) is 9.02. The van der Waals surface area contributed by atoms with Crippen molar-refractivity contribution in [3.05, 3.63) is 59.9 Å². The second kappa shape index (κ2) is 11.1. The van der Waals surface area contributed by atoms with E-state index in [1.165, 1.54) is 5.57 Å². The van der Waals surface area contributed by atoms with E-state index in [4.69, 9.17) is 4.74 Å². The molecule has 6 nitrogen and oxygen atoms in total. The standard InChI is InChI=1S/C20H27N5O.HI/c1-21-20(22-11-8-17-9-12-26-13-10-17)24(2)15-18-14-23-25(16-18)19-6-4-3-5-7-19;/h3-7,9,14,16H,8,10-13,15H2,1-2H3,(H,21,22);1H. The molecule has 146 valence electrons. The van der Waals surface area contributed by atoms with Crippen LogP contribution in [0.1, 0.15) is 18.4 Å². The highest BCUT2D eigenvalue weighted by Gasteiger charge is 2.09. The lowest BCUT2D eigenvalue weighted by Crippen LogP contribution is -2.39. The lowest BCUT2D eigenvalue weighted by molar-refractivity contribution is 0.153. The van der Waals surface area contributed by atoms with Crippen molar-refractivity contribution < 1.29 is 4.74 Å². The van der Waals surface area contributed by atoms with Gasteiger partial charge in [0, 0.05) is 38.9 Å². The molecule has 0 saturated heterocycles. The number of benzene rings is 1. The van der Waals surface area contributed by atoms with Crippen LogP contribution in [-0.2, 0) is 11.3 Å². The first kappa shape index (κ1) is 21.4. The number of nitrogens with zero attached hydrogens (tertiary/aromatic N) is 4. The highest BCUT2D eigenvalue weighted by Crippen LogP contribution is 2.11. The fourth-order valence-corrected chi connectivity index (χ4v) is 3.02. The van der Waals surface area contributed by atoms with Gasteiger partial charge in [-0.3, -0.25) is 4.99 Å². The van der Waals surface area contributed by atoms with Crippen molar-refractivity contribution >= 4 is 29.9 Å². The first-order valence-electron chi connectivity index (χ1n) is 9.02. The number of hydrogen-bond donors (Lipinski definition) is 1. The monoisotopic (exact) mass is 481 g/mol. The summed E-state index contributed by atoms with van der Waals surface area (Å²) in [5, 5.41) is 7.90. The third-order valence-corrected chi connectivity index (χ3v) is 4.44. The first-order chi connectivity index (χ1) is 12.8. The molecule has 27 heavy (non-hydrogen) atoms. The van der Waals surface area contributed by atoms with Crippen LogP contribution in [0.5, 0.6) is 0 Å². The van der Waals surface area contributed by atoms with Gasteiger partial charge in [-0.1, -0.05) is 29.8 Å².